The largest absolute Gasteiger partial charge is 0.383 e. The van der Waals surface area contributed by atoms with E-state index in [4.69, 9.17) is 4.74 Å². The predicted molar refractivity (Wildman–Crippen MR) is 74.6 cm³/mol. The molecule has 1 atom stereocenters. The smallest absolute Gasteiger partial charge is 0.271 e. The monoisotopic (exact) mass is 293 g/mol. The molecule has 1 aromatic rings. The molecule has 0 saturated carbocycles. The van der Waals surface area contributed by atoms with Gasteiger partial charge in [0, 0.05) is 19.9 Å². The van der Waals surface area contributed by atoms with Gasteiger partial charge in [-0.05, 0) is 18.6 Å². The van der Waals surface area contributed by atoms with Crippen LogP contribution in [-0.4, -0.2) is 53.5 Å². The number of imide groups is 1. The molecular formula is C14H19N3O4. The van der Waals surface area contributed by atoms with Gasteiger partial charge in [-0.15, -0.1) is 0 Å². The van der Waals surface area contributed by atoms with Gasteiger partial charge in [0.05, 0.1) is 6.61 Å². The third-order valence-corrected chi connectivity index (χ3v) is 3.49. The molecular weight excluding hydrogens is 274 g/mol. The topological polar surface area (TPSA) is 80.6 Å². The summed E-state index contributed by atoms with van der Waals surface area (Å²) < 4.78 is 6.77. The molecule has 2 heterocycles. The van der Waals surface area contributed by atoms with Crippen molar-refractivity contribution >= 4 is 17.7 Å². The second kappa shape index (κ2) is 6.53. The molecule has 0 aromatic carbocycles. The average Bonchev–Trinajstić information content (AvgIpc) is 2.91. The van der Waals surface area contributed by atoms with Crippen LogP contribution in [0, 0.1) is 0 Å². The van der Waals surface area contributed by atoms with Crippen LogP contribution in [0.25, 0.3) is 0 Å². The molecule has 21 heavy (non-hydrogen) atoms. The van der Waals surface area contributed by atoms with Crippen LogP contribution >= 0.6 is 0 Å². The maximum absolute atomic E-state index is 12.6. The van der Waals surface area contributed by atoms with E-state index in [0.717, 1.165) is 0 Å². The Balaban J connectivity index is 2.23. The quantitative estimate of drug-likeness (QED) is 0.776. The Kier molecular flexibility index (Phi) is 4.74. The van der Waals surface area contributed by atoms with Crippen molar-refractivity contribution < 1.29 is 19.1 Å². The van der Waals surface area contributed by atoms with Crippen molar-refractivity contribution in [2.45, 2.75) is 25.9 Å². The zero-order valence-electron chi connectivity index (χ0n) is 12.2. The maximum atomic E-state index is 12.6. The Bertz CT molecular complexity index is 552. The molecule has 1 fully saturated rings. The highest BCUT2D eigenvalue weighted by molar-refractivity contribution is 6.06. The summed E-state index contributed by atoms with van der Waals surface area (Å²) in [5.74, 6) is -1.18. The van der Waals surface area contributed by atoms with Gasteiger partial charge in [-0.2, -0.15) is 0 Å². The highest BCUT2D eigenvalue weighted by atomic mass is 16.5. The Hall–Kier alpha value is -2.15. The first-order valence-electron chi connectivity index (χ1n) is 6.87. The highest BCUT2D eigenvalue weighted by Crippen LogP contribution is 2.15. The van der Waals surface area contributed by atoms with Gasteiger partial charge in [-0.3, -0.25) is 19.7 Å². The SMILES string of the molecule is CCC1C(=O)NC(=O)CN1C(=O)c1cccn1CCOC. The van der Waals surface area contributed by atoms with E-state index in [2.05, 4.69) is 5.32 Å². The van der Waals surface area contributed by atoms with Crippen LogP contribution < -0.4 is 5.32 Å². The number of rotatable bonds is 5. The fourth-order valence-corrected chi connectivity index (χ4v) is 2.43. The normalized spacial score (nSPS) is 18.8. The zero-order valence-corrected chi connectivity index (χ0v) is 12.2. The number of carbonyl (C=O) groups is 3. The lowest BCUT2D eigenvalue weighted by atomic mass is 10.1. The second-order valence-electron chi connectivity index (χ2n) is 4.85. The van der Waals surface area contributed by atoms with E-state index in [9.17, 15) is 14.4 Å². The minimum atomic E-state index is -0.610. The van der Waals surface area contributed by atoms with E-state index < -0.39 is 17.9 Å². The molecule has 0 spiro atoms. The summed E-state index contributed by atoms with van der Waals surface area (Å²) in [5.41, 5.74) is 0.452. The Labute approximate surface area is 122 Å². The van der Waals surface area contributed by atoms with Gasteiger partial charge in [0.25, 0.3) is 5.91 Å². The fraction of sp³-hybridized carbons (Fsp3) is 0.500. The number of nitrogens with zero attached hydrogens (tertiary/aromatic N) is 2. The summed E-state index contributed by atoms with van der Waals surface area (Å²) in [6.45, 7) is 2.73. The molecule has 1 aliphatic heterocycles. The molecule has 2 rings (SSSR count). The standard InChI is InChI=1S/C14H19N3O4/c1-3-10-13(19)15-12(18)9-17(10)14(20)11-5-4-6-16(11)7-8-21-2/h4-6,10H,3,7-9H2,1-2H3,(H,15,18,19). The molecule has 1 N–H and O–H groups in total. The minimum absolute atomic E-state index is 0.0987. The number of methoxy groups -OCH3 is 1. The van der Waals surface area contributed by atoms with E-state index in [1.165, 1.54) is 4.90 Å². The van der Waals surface area contributed by atoms with Crippen molar-refractivity contribution in [3.63, 3.8) is 0 Å². The number of piperazine rings is 1. The average molecular weight is 293 g/mol. The van der Waals surface area contributed by atoms with Gasteiger partial charge in [0.1, 0.15) is 18.3 Å². The Morgan fingerprint density at radius 3 is 2.90 bits per heavy atom. The van der Waals surface area contributed by atoms with Crippen LogP contribution in [0.1, 0.15) is 23.8 Å². The van der Waals surface area contributed by atoms with Gasteiger partial charge in [0.2, 0.25) is 11.8 Å². The van der Waals surface area contributed by atoms with E-state index >= 15 is 0 Å². The molecule has 7 heteroatoms. The van der Waals surface area contributed by atoms with Crippen LogP contribution in [0.5, 0.6) is 0 Å². The summed E-state index contributed by atoms with van der Waals surface area (Å²) in [4.78, 5) is 37.3. The van der Waals surface area contributed by atoms with Gasteiger partial charge in [0.15, 0.2) is 0 Å². The van der Waals surface area contributed by atoms with Crippen LogP contribution in [0.15, 0.2) is 18.3 Å². The third kappa shape index (κ3) is 3.13. The molecule has 1 aromatic heterocycles. The van der Waals surface area contributed by atoms with Crippen molar-refractivity contribution in [2.24, 2.45) is 0 Å². The van der Waals surface area contributed by atoms with Crippen molar-refractivity contribution in [3.05, 3.63) is 24.0 Å². The van der Waals surface area contributed by atoms with Gasteiger partial charge >= 0.3 is 0 Å². The van der Waals surface area contributed by atoms with Gasteiger partial charge in [-0.1, -0.05) is 6.92 Å². The van der Waals surface area contributed by atoms with E-state index in [0.29, 0.717) is 25.3 Å². The molecule has 1 saturated heterocycles. The lowest BCUT2D eigenvalue weighted by molar-refractivity contribution is -0.138. The number of nitrogens with one attached hydrogen (secondary N) is 1. The number of ether oxygens (including phenoxy) is 1. The van der Waals surface area contributed by atoms with Crippen molar-refractivity contribution in [3.8, 4) is 0 Å². The maximum Gasteiger partial charge on any atom is 0.271 e. The molecule has 0 radical (unpaired) electrons. The number of aromatic nitrogens is 1. The molecule has 1 aliphatic rings. The number of carbonyl (C=O) groups excluding carboxylic acids is 3. The Morgan fingerprint density at radius 2 is 2.24 bits per heavy atom. The molecule has 114 valence electrons. The number of hydrogen-bond donors (Lipinski definition) is 1. The lowest BCUT2D eigenvalue weighted by Gasteiger charge is -2.33. The highest BCUT2D eigenvalue weighted by Gasteiger charge is 2.36. The minimum Gasteiger partial charge on any atom is -0.383 e. The van der Waals surface area contributed by atoms with Crippen molar-refractivity contribution in [2.75, 3.05) is 20.3 Å². The summed E-state index contributed by atoms with van der Waals surface area (Å²) in [7, 11) is 1.59. The van der Waals surface area contributed by atoms with Crippen molar-refractivity contribution in [1.82, 2.24) is 14.8 Å². The first-order valence-corrected chi connectivity index (χ1v) is 6.87. The van der Waals surface area contributed by atoms with E-state index in [-0.39, 0.29) is 12.5 Å². The summed E-state index contributed by atoms with van der Waals surface area (Å²) in [6, 6.07) is 2.83. The van der Waals surface area contributed by atoms with Gasteiger partial charge in [-0.25, -0.2) is 0 Å². The van der Waals surface area contributed by atoms with E-state index in [1.54, 1.807) is 30.0 Å². The number of amides is 3. The van der Waals surface area contributed by atoms with Crippen LogP contribution in [0.2, 0.25) is 0 Å². The molecule has 0 aliphatic carbocycles. The summed E-state index contributed by atoms with van der Waals surface area (Å²) in [6.07, 6.45) is 2.24. The first kappa shape index (κ1) is 15.2. The molecule has 7 nitrogen and oxygen atoms in total. The zero-order chi connectivity index (χ0) is 15.4. The first-order chi connectivity index (χ1) is 10.1. The van der Waals surface area contributed by atoms with Crippen LogP contribution in [0.4, 0.5) is 0 Å². The van der Waals surface area contributed by atoms with Crippen molar-refractivity contribution in [1.29, 1.82) is 0 Å². The molecule has 0 bridgehead atoms. The third-order valence-electron chi connectivity index (χ3n) is 3.49. The Morgan fingerprint density at radius 1 is 1.48 bits per heavy atom. The fourth-order valence-electron chi connectivity index (χ4n) is 2.43. The van der Waals surface area contributed by atoms with Crippen LogP contribution in [-0.2, 0) is 20.9 Å². The second-order valence-corrected chi connectivity index (χ2v) is 4.85. The lowest BCUT2D eigenvalue weighted by Crippen LogP contribution is -2.59. The summed E-state index contributed by atoms with van der Waals surface area (Å²) >= 11 is 0. The number of hydrogen-bond acceptors (Lipinski definition) is 4. The van der Waals surface area contributed by atoms with Gasteiger partial charge < -0.3 is 14.2 Å². The molecule has 3 amide bonds. The molecule has 1 unspecified atom stereocenters. The predicted octanol–water partition coefficient (Wildman–Crippen LogP) is 0.0117. The summed E-state index contributed by atoms with van der Waals surface area (Å²) in [5, 5.41) is 2.26. The van der Waals surface area contributed by atoms with E-state index in [1.807, 2.05) is 6.92 Å². The van der Waals surface area contributed by atoms with Crippen LogP contribution in [0.3, 0.4) is 0 Å².